The van der Waals surface area contributed by atoms with Crippen LogP contribution in [-0.2, 0) is 13.2 Å². The molecule has 5 aromatic rings. The van der Waals surface area contributed by atoms with Gasteiger partial charge in [0.2, 0.25) is 0 Å². The first-order valence-electron chi connectivity index (χ1n) is 14.1. The van der Waals surface area contributed by atoms with E-state index >= 15 is 0 Å². The highest BCUT2D eigenvalue weighted by Crippen LogP contribution is 2.39. The third kappa shape index (κ3) is 6.95. The number of aromatic nitrogens is 1. The summed E-state index contributed by atoms with van der Waals surface area (Å²) < 4.78 is 11.8. The first-order chi connectivity index (χ1) is 21.1. The smallest absolute Gasteiger partial charge is 0.195 e. The number of ketones is 1. The number of aliphatic hydroxyl groups is 1. The van der Waals surface area contributed by atoms with Crippen LogP contribution in [0.1, 0.15) is 58.7 Å². The van der Waals surface area contributed by atoms with Crippen molar-refractivity contribution >= 4 is 46.3 Å². The molecule has 1 N–H and O–H groups in total. The topological polar surface area (TPSA) is 75.8 Å². The van der Waals surface area contributed by atoms with Crippen LogP contribution in [-0.4, -0.2) is 23.1 Å². The van der Waals surface area contributed by atoms with Gasteiger partial charge in [0.1, 0.15) is 29.9 Å². The van der Waals surface area contributed by atoms with Crippen molar-refractivity contribution in [2.75, 3.05) is 11.9 Å². The van der Waals surface area contributed by atoms with Gasteiger partial charge in [-0.3, -0.25) is 4.79 Å². The largest absolute Gasteiger partial charge is 0.489 e. The molecule has 9 heteroatoms. The Hall–Kier alpha value is -3.81. The minimum atomic E-state index is -1.23. The molecular formula is C35H31Cl3N2O4. The highest BCUT2D eigenvalue weighted by atomic mass is 35.5. The summed E-state index contributed by atoms with van der Waals surface area (Å²) in [5.74, 6) is 0.973. The van der Waals surface area contributed by atoms with Crippen LogP contribution in [0.3, 0.4) is 0 Å². The monoisotopic (exact) mass is 648 g/mol. The number of ether oxygens (including phenoxy) is 1. The maximum atomic E-state index is 13.0. The van der Waals surface area contributed by atoms with Crippen LogP contribution in [0.4, 0.5) is 5.69 Å². The predicted molar refractivity (Wildman–Crippen MR) is 176 cm³/mol. The molecule has 0 saturated heterocycles. The van der Waals surface area contributed by atoms with Crippen molar-refractivity contribution in [1.82, 2.24) is 5.16 Å². The first-order valence-corrected chi connectivity index (χ1v) is 15.2. The molecule has 44 heavy (non-hydrogen) atoms. The predicted octanol–water partition coefficient (Wildman–Crippen LogP) is 9.56. The lowest BCUT2D eigenvalue weighted by Crippen LogP contribution is -2.18. The maximum Gasteiger partial charge on any atom is 0.195 e. The van der Waals surface area contributed by atoms with Gasteiger partial charge in [-0.2, -0.15) is 0 Å². The van der Waals surface area contributed by atoms with Gasteiger partial charge < -0.3 is 19.3 Å². The molecule has 0 fully saturated rings. The number of aliphatic hydroxyl groups excluding tert-OH is 1. The number of benzene rings is 4. The number of Topliss-reactive ketones (excluding diaryl/α,β-unsaturated/α-hetero) is 1. The SMILES string of the molecule is CC(C)c1onc(-c2c(Cl)cccc2Cl)c1COc1ccc(CN(C)c2cccc(C(=O)C(O)c3ccccc3)c2)c(Cl)c1. The summed E-state index contributed by atoms with van der Waals surface area (Å²) >= 11 is 19.6. The van der Waals surface area contributed by atoms with E-state index in [0.29, 0.717) is 55.5 Å². The molecule has 6 nitrogen and oxygen atoms in total. The minimum Gasteiger partial charge on any atom is -0.489 e. The molecule has 0 saturated carbocycles. The van der Waals surface area contributed by atoms with Crippen LogP contribution in [0.5, 0.6) is 5.75 Å². The van der Waals surface area contributed by atoms with Gasteiger partial charge in [-0.1, -0.05) is 108 Å². The number of hydrogen-bond donors (Lipinski definition) is 1. The number of carbonyl (C=O) groups excluding carboxylic acids is 1. The molecule has 0 bridgehead atoms. The van der Waals surface area contributed by atoms with Crippen molar-refractivity contribution in [3.63, 3.8) is 0 Å². The van der Waals surface area contributed by atoms with Crippen molar-refractivity contribution in [1.29, 1.82) is 0 Å². The minimum absolute atomic E-state index is 0.0630. The fourth-order valence-electron chi connectivity index (χ4n) is 4.93. The Balaban J connectivity index is 1.29. The van der Waals surface area contributed by atoms with E-state index in [1.807, 2.05) is 50.1 Å². The number of anilines is 1. The van der Waals surface area contributed by atoms with Gasteiger partial charge in [0.25, 0.3) is 0 Å². The van der Waals surface area contributed by atoms with Crippen LogP contribution >= 0.6 is 34.8 Å². The third-order valence-electron chi connectivity index (χ3n) is 7.29. The number of hydrogen-bond acceptors (Lipinski definition) is 6. The highest BCUT2D eigenvalue weighted by Gasteiger charge is 2.24. The van der Waals surface area contributed by atoms with Crippen molar-refractivity contribution in [2.24, 2.45) is 0 Å². The molecule has 0 aliphatic heterocycles. The first kappa shape index (κ1) is 31.6. The van der Waals surface area contributed by atoms with E-state index in [-0.39, 0.29) is 18.3 Å². The van der Waals surface area contributed by atoms with Gasteiger partial charge in [0.15, 0.2) is 5.78 Å². The summed E-state index contributed by atoms with van der Waals surface area (Å²) in [6, 6.07) is 26.9. The van der Waals surface area contributed by atoms with Crippen LogP contribution < -0.4 is 9.64 Å². The Labute approximate surface area is 271 Å². The second-order valence-electron chi connectivity index (χ2n) is 10.8. The Kier molecular flexibility index (Phi) is 9.97. The molecule has 1 heterocycles. The summed E-state index contributed by atoms with van der Waals surface area (Å²) in [5, 5.41) is 16.4. The summed E-state index contributed by atoms with van der Waals surface area (Å²) in [4.78, 5) is 15.0. The standard InChI is InChI=1S/C35H31Cl3N2O4/c1-21(2)35-27(32(39-44-35)31-28(36)13-8-14-29(31)37)20-43-26-16-15-24(30(38)18-26)19-40(3)25-12-7-11-23(17-25)34(42)33(41)22-9-5-4-6-10-22/h4-18,21,33,41H,19-20H2,1-3H3. The van der Waals surface area contributed by atoms with E-state index in [9.17, 15) is 9.90 Å². The van der Waals surface area contributed by atoms with Gasteiger partial charge in [0, 0.05) is 41.3 Å². The zero-order chi connectivity index (χ0) is 31.4. The number of halogens is 3. The zero-order valence-corrected chi connectivity index (χ0v) is 26.7. The summed E-state index contributed by atoms with van der Waals surface area (Å²) in [6.07, 6.45) is -1.23. The molecule has 1 atom stereocenters. The Morgan fingerprint density at radius 3 is 2.30 bits per heavy atom. The molecule has 0 aliphatic rings. The van der Waals surface area contributed by atoms with Gasteiger partial charge in [-0.05, 0) is 47.5 Å². The lowest BCUT2D eigenvalue weighted by Gasteiger charge is -2.21. The Bertz CT molecular complexity index is 1750. The second-order valence-corrected chi connectivity index (χ2v) is 12.0. The molecule has 1 aromatic heterocycles. The molecule has 0 aliphatic carbocycles. The van der Waals surface area contributed by atoms with Gasteiger partial charge in [-0.15, -0.1) is 0 Å². The number of carbonyl (C=O) groups is 1. The van der Waals surface area contributed by atoms with Crippen LogP contribution in [0, 0.1) is 0 Å². The van der Waals surface area contributed by atoms with Crippen LogP contribution in [0.2, 0.25) is 15.1 Å². The molecule has 226 valence electrons. The van der Waals surface area contributed by atoms with E-state index in [0.717, 1.165) is 16.8 Å². The molecule has 1 unspecified atom stereocenters. The van der Waals surface area contributed by atoms with E-state index in [1.54, 1.807) is 66.7 Å². The zero-order valence-electron chi connectivity index (χ0n) is 24.4. The van der Waals surface area contributed by atoms with Crippen molar-refractivity contribution < 1.29 is 19.2 Å². The number of nitrogens with zero attached hydrogens (tertiary/aromatic N) is 2. The van der Waals surface area contributed by atoms with E-state index < -0.39 is 6.10 Å². The Morgan fingerprint density at radius 2 is 1.61 bits per heavy atom. The summed E-state index contributed by atoms with van der Waals surface area (Å²) in [5.41, 5.74) is 4.58. The molecule has 4 aromatic carbocycles. The van der Waals surface area contributed by atoms with E-state index in [4.69, 9.17) is 44.1 Å². The van der Waals surface area contributed by atoms with Crippen molar-refractivity contribution in [2.45, 2.75) is 39.0 Å². The van der Waals surface area contributed by atoms with Gasteiger partial charge in [0.05, 0.1) is 15.6 Å². The van der Waals surface area contributed by atoms with Crippen LogP contribution in [0.15, 0.2) is 95.5 Å². The fourth-order valence-corrected chi connectivity index (χ4v) is 5.73. The molecule has 0 spiro atoms. The summed E-state index contributed by atoms with van der Waals surface area (Å²) in [7, 11) is 1.92. The fraction of sp³-hybridized carbons (Fsp3) is 0.200. The quantitative estimate of drug-likeness (QED) is 0.144. The normalized spacial score (nSPS) is 11.9. The summed E-state index contributed by atoms with van der Waals surface area (Å²) in [6.45, 7) is 4.69. The van der Waals surface area contributed by atoms with Crippen LogP contribution in [0.25, 0.3) is 11.3 Å². The maximum absolute atomic E-state index is 13.0. The second kappa shape index (κ2) is 13.9. The molecular weight excluding hydrogens is 619 g/mol. The molecule has 0 amide bonds. The highest BCUT2D eigenvalue weighted by molar-refractivity contribution is 6.39. The van der Waals surface area contributed by atoms with Crippen molar-refractivity contribution in [3.05, 3.63) is 134 Å². The van der Waals surface area contributed by atoms with E-state index in [2.05, 4.69) is 5.16 Å². The average molecular weight is 650 g/mol. The average Bonchev–Trinajstić information content (AvgIpc) is 3.44. The lowest BCUT2D eigenvalue weighted by atomic mass is 9.99. The van der Waals surface area contributed by atoms with Gasteiger partial charge in [-0.25, -0.2) is 0 Å². The lowest BCUT2D eigenvalue weighted by molar-refractivity contribution is 0.0747. The third-order valence-corrected chi connectivity index (χ3v) is 8.27. The Morgan fingerprint density at radius 1 is 0.909 bits per heavy atom. The molecule has 0 radical (unpaired) electrons. The van der Waals surface area contributed by atoms with Crippen molar-refractivity contribution in [3.8, 4) is 17.0 Å². The number of rotatable bonds is 11. The molecule has 5 rings (SSSR count). The van der Waals surface area contributed by atoms with Gasteiger partial charge >= 0.3 is 0 Å². The van der Waals surface area contributed by atoms with E-state index in [1.165, 1.54) is 0 Å².